The molecule has 4 aromatic rings. The summed E-state index contributed by atoms with van der Waals surface area (Å²) in [5, 5.41) is 3.75. The molecule has 0 bridgehead atoms. The minimum absolute atomic E-state index is 0.258. The number of anilines is 1. The fourth-order valence-electron chi connectivity index (χ4n) is 3.59. The normalized spacial score (nSPS) is 11.4. The first-order valence-corrected chi connectivity index (χ1v) is 10.1. The van der Waals surface area contributed by atoms with Gasteiger partial charge >= 0.3 is 0 Å². The number of allylic oxidation sites excluding steroid dienone is 1. The number of aromatic nitrogens is 1. The minimum Gasteiger partial charge on any atom is -0.497 e. The molecule has 0 atom stereocenters. The summed E-state index contributed by atoms with van der Waals surface area (Å²) in [6, 6.07) is 15.3. The number of carbonyl (C=O) groups is 1. The van der Waals surface area contributed by atoms with Crippen LogP contribution >= 0.6 is 0 Å². The van der Waals surface area contributed by atoms with Gasteiger partial charge in [-0.3, -0.25) is 4.79 Å². The zero-order valence-corrected chi connectivity index (χ0v) is 18.4. The number of pyridine rings is 1. The van der Waals surface area contributed by atoms with Crippen molar-refractivity contribution in [3.63, 3.8) is 0 Å². The molecule has 1 amide bonds. The van der Waals surface area contributed by atoms with Crippen LogP contribution in [0.5, 0.6) is 11.5 Å². The van der Waals surface area contributed by atoms with Gasteiger partial charge in [-0.25, -0.2) is 4.98 Å². The maximum atomic E-state index is 12.6. The molecule has 162 valence electrons. The van der Waals surface area contributed by atoms with Gasteiger partial charge in [-0.15, -0.1) is 0 Å². The number of methoxy groups -OCH3 is 2. The van der Waals surface area contributed by atoms with Crippen LogP contribution in [0.2, 0.25) is 0 Å². The fraction of sp³-hybridized carbons (Fsp3) is 0.154. The second-order valence-corrected chi connectivity index (χ2v) is 7.42. The molecule has 1 N–H and O–H groups in total. The molecule has 32 heavy (non-hydrogen) atoms. The Morgan fingerprint density at radius 3 is 2.69 bits per heavy atom. The molecular weight excluding hydrogens is 404 g/mol. The number of nitrogens with one attached hydrogen (secondary N) is 1. The number of hydrogen-bond acceptors (Lipinski definition) is 5. The predicted molar refractivity (Wildman–Crippen MR) is 126 cm³/mol. The first kappa shape index (κ1) is 21.2. The molecular formula is C26H24N2O4. The van der Waals surface area contributed by atoms with Crippen molar-refractivity contribution in [1.29, 1.82) is 0 Å². The lowest BCUT2D eigenvalue weighted by Gasteiger charge is -2.11. The van der Waals surface area contributed by atoms with Gasteiger partial charge in [0.2, 0.25) is 5.91 Å². The lowest BCUT2D eigenvalue weighted by Crippen LogP contribution is -2.11. The Bertz CT molecular complexity index is 1320. The van der Waals surface area contributed by atoms with E-state index in [1.165, 1.54) is 0 Å². The Labute approximate surface area is 186 Å². The monoisotopic (exact) mass is 428 g/mol. The lowest BCUT2D eigenvalue weighted by molar-refractivity contribution is -0.111. The van der Waals surface area contributed by atoms with Crippen molar-refractivity contribution in [3.05, 3.63) is 78.2 Å². The standard InChI is InChI=1S/C26H24N2O4/c1-16-7-6-10-27-26(16)28-25(29)11-17(2)20-13-21-22(15-32-24(21)14-23(20)31-4)18-8-5-9-19(12-18)30-3/h5-15H,1-4H3,(H,27,28,29)/b17-11+. The summed E-state index contributed by atoms with van der Waals surface area (Å²) in [5.74, 6) is 1.67. The van der Waals surface area contributed by atoms with E-state index >= 15 is 0 Å². The van der Waals surface area contributed by atoms with Crippen molar-refractivity contribution in [1.82, 2.24) is 4.98 Å². The van der Waals surface area contributed by atoms with Crippen molar-refractivity contribution >= 4 is 28.3 Å². The maximum Gasteiger partial charge on any atom is 0.249 e. The van der Waals surface area contributed by atoms with Crippen molar-refractivity contribution in [2.45, 2.75) is 13.8 Å². The highest BCUT2D eigenvalue weighted by Gasteiger charge is 2.15. The van der Waals surface area contributed by atoms with Crippen molar-refractivity contribution < 1.29 is 18.7 Å². The minimum atomic E-state index is -0.258. The number of rotatable bonds is 6. The summed E-state index contributed by atoms with van der Waals surface area (Å²) in [6.45, 7) is 3.77. The van der Waals surface area contributed by atoms with Gasteiger partial charge in [0, 0.05) is 34.9 Å². The number of ether oxygens (including phenoxy) is 2. The molecule has 6 heteroatoms. The van der Waals surface area contributed by atoms with Crippen LogP contribution in [0.25, 0.3) is 27.7 Å². The molecule has 2 aromatic carbocycles. The van der Waals surface area contributed by atoms with Crippen LogP contribution in [-0.2, 0) is 4.79 Å². The summed E-state index contributed by atoms with van der Waals surface area (Å²) in [6.07, 6.45) is 4.91. The molecule has 0 saturated heterocycles. The van der Waals surface area contributed by atoms with E-state index in [2.05, 4.69) is 10.3 Å². The van der Waals surface area contributed by atoms with E-state index in [-0.39, 0.29) is 5.91 Å². The first-order chi connectivity index (χ1) is 15.5. The highest BCUT2D eigenvalue weighted by molar-refractivity contribution is 6.05. The van der Waals surface area contributed by atoms with Gasteiger partial charge in [0.1, 0.15) is 22.9 Å². The van der Waals surface area contributed by atoms with Gasteiger partial charge in [0.05, 0.1) is 20.5 Å². The van der Waals surface area contributed by atoms with E-state index in [0.717, 1.165) is 39.0 Å². The molecule has 2 aromatic heterocycles. The zero-order chi connectivity index (χ0) is 22.7. The average molecular weight is 428 g/mol. The highest BCUT2D eigenvalue weighted by Crippen LogP contribution is 2.38. The van der Waals surface area contributed by atoms with E-state index in [0.29, 0.717) is 17.2 Å². The van der Waals surface area contributed by atoms with Crippen LogP contribution in [0.4, 0.5) is 5.82 Å². The second kappa shape index (κ2) is 8.98. The number of benzene rings is 2. The van der Waals surface area contributed by atoms with Crippen molar-refractivity contribution in [2.24, 2.45) is 0 Å². The van der Waals surface area contributed by atoms with E-state index in [1.807, 2.05) is 62.4 Å². The molecule has 6 nitrogen and oxygen atoms in total. The Morgan fingerprint density at radius 1 is 1.09 bits per heavy atom. The third-order valence-corrected chi connectivity index (χ3v) is 5.30. The topological polar surface area (TPSA) is 73.6 Å². The molecule has 0 saturated carbocycles. The van der Waals surface area contributed by atoms with Crippen LogP contribution in [0.3, 0.4) is 0 Å². The number of aryl methyl sites for hydroxylation is 1. The van der Waals surface area contributed by atoms with Crippen molar-refractivity contribution in [3.8, 4) is 22.6 Å². The number of furan rings is 1. The molecule has 0 radical (unpaired) electrons. The second-order valence-electron chi connectivity index (χ2n) is 7.42. The van der Waals surface area contributed by atoms with E-state index in [4.69, 9.17) is 13.9 Å². The summed E-state index contributed by atoms with van der Waals surface area (Å²) < 4.78 is 16.7. The first-order valence-electron chi connectivity index (χ1n) is 10.1. The molecule has 0 aliphatic carbocycles. The van der Waals surface area contributed by atoms with Gasteiger partial charge in [-0.05, 0) is 54.8 Å². The number of nitrogens with zero attached hydrogens (tertiary/aromatic N) is 1. The average Bonchev–Trinajstić information content (AvgIpc) is 3.22. The van der Waals surface area contributed by atoms with Gasteiger partial charge in [-0.2, -0.15) is 0 Å². The predicted octanol–water partition coefficient (Wildman–Crippen LogP) is 5.86. The fourth-order valence-corrected chi connectivity index (χ4v) is 3.59. The molecule has 2 heterocycles. The molecule has 0 unspecified atom stereocenters. The third kappa shape index (κ3) is 4.21. The molecule has 0 aliphatic heterocycles. The largest absolute Gasteiger partial charge is 0.497 e. The quantitative estimate of drug-likeness (QED) is 0.389. The SMILES string of the molecule is COc1cccc(-c2coc3cc(OC)c(/C(C)=C/C(=O)Nc4ncccc4C)cc23)c1. The van der Waals surface area contributed by atoms with E-state index in [9.17, 15) is 4.79 Å². The molecule has 0 spiro atoms. The molecule has 4 rings (SSSR count). The Kier molecular flexibility index (Phi) is 5.94. The van der Waals surface area contributed by atoms with Crippen molar-refractivity contribution in [2.75, 3.05) is 19.5 Å². The van der Waals surface area contributed by atoms with Gasteiger partial charge in [-0.1, -0.05) is 18.2 Å². The van der Waals surface area contributed by atoms with E-state index in [1.54, 1.807) is 32.8 Å². The van der Waals surface area contributed by atoms with Crippen LogP contribution in [0.1, 0.15) is 18.1 Å². The van der Waals surface area contributed by atoms with Gasteiger partial charge in [0.25, 0.3) is 0 Å². The smallest absolute Gasteiger partial charge is 0.249 e. The summed E-state index contributed by atoms with van der Waals surface area (Å²) >= 11 is 0. The van der Waals surface area contributed by atoms with Crippen LogP contribution in [0, 0.1) is 6.92 Å². The third-order valence-electron chi connectivity index (χ3n) is 5.30. The van der Waals surface area contributed by atoms with E-state index < -0.39 is 0 Å². The number of hydrogen-bond donors (Lipinski definition) is 1. The maximum absolute atomic E-state index is 12.6. The number of carbonyl (C=O) groups excluding carboxylic acids is 1. The Morgan fingerprint density at radius 2 is 1.94 bits per heavy atom. The van der Waals surface area contributed by atoms with Crippen LogP contribution in [0.15, 0.2) is 71.5 Å². The Balaban J connectivity index is 1.73. The Hall–Kier alpha value is -4.06. The van der Waals surface area contributed by atoms with Gasteiger partial charge < -0.3 is 19.2 Å². The summed E-state index contributed by atoms with van der Waals surface area (Å²) in [4.78, 5) is 16.8. The number of amides is 1. The van der Waals surface area contributed by atoms with Crippen LogP contribution < -0.4 is 14.8 Å². The number of fused-ring (bicyclic) bond motifs is 1. The molecule has 0 aliphatic rings. The molecule has 0 fully saturated rings. The van der Waals surface area contributed by atoms with Crippen LogP contribution in [-0.4, -0.2) is 25.1 Å². The lowest BCUT2D eigenvalue weighted by atomic mass is 9.99. The summed E-state index contributed by atoms with van der Waals surface area (Å²) in [5.41, 5.74) is 5.07. The summed E-state index contributed by atoms with van der Waals surface area (Å²) in [7, 11) is 3.24. The van der Waals surface area contributed by atoms with Gasteiger partial charge in [0.15, 0.2) is 0 Å². The highest BCUT2D eigenvalue weighted by atomic mass is 16.5. The zero-order valence-electron chi connectivity index (χ0n) is 18.4.